The summed E-state index contributed by atoms with van der Waals surface area (Å²) in [5, 5.41) is 9.75. The predicted octanol–water partition coefficient (Wildman–Crippen LogP) is 3.05. The number of ether oxygens (including phenoxy) is 1. The zero-order valence-corrected chi connectivity index (χ0v) is 12.9. The van der Waals surface area contributed by atoms with Crippen LogP contribution in [-0.4, -0.2) is 22.7 Å². The van der Waals surface area contributed by atoms with E-state index >= 15 is 0 Å². The molecule has 0 unspecified atom stereocenters. The fourth-order valence-corrected chi connectivity index (χ4v) is 2.07. The van der Waals surface area contributed by atoms with Crippen molar-refractivity contribution in [2.24, 2.45) is 0 Å². The number of hydrogen-bond donors (Lipinski definition) is 2. The molecule has 5 heteroatoms. The van der Waals surface area contributed by atoms with Gasteiger partial charge >= 0.3 is 0 Å². The summed E-state index contributed by atoms with van der Waals surface area (Å²) in [6.07, 6.45) is 0.303. The summed E-state index contributed by atoms with van der Waals surface area (Å²) in [6.45, 7) is 8.14. The van der Waals surface area contributed by atoms with E-state index in [0.717, 1.165) is 28.4 Å². The molecule has 5 nitrogen and oxygen atoms in total. The number of aryl methyl sites for hydroxylation is 3. The Labute approximate surface area is 124 Å². The van der Waals surface area contributed by atoms with Gasteiger partial charge in [0.15, 0.2) is 0 Å². The fraction of sp³-hybridized carbons (Fsp3) is 0.375. The van der Waals surface area contributed by atoms with E-state index in [1.165, 1.54) is 5.56 Å². The second-order valence-electron chi connectivity index (χ2n) is 5.15. The van der Waals surface area contributed by atoms with Crippen molar-refractivity contribution in [2.75, 3.05) is 11.9 Å². The van der Waals surface area contributed by atoms with Crippen molar-refractivity contribution >= 4 is 11.6 Å². The molecule has 21 heavy (non-hydrogen) atoms. The van der Waals surface area contributed by atoms with Crippen LogP contribution < -0.4 is 10.1 Å². The van der Waals surface area contributed by atoms with Gasteiger partial charge in [-0.1, -0.05) is 12.1 Å². The number of anilines is 1. The van der Waals surface area contributed by atoms with Crippen LogP contribution in [0.15, 0.2) is 18.2 Å². The first kappa shape index (κ1) is 15.1. The van der Waals surface area contributed by atoms with Crippen LogP contribution in [0, 0.1) is 27.7 Å². The summed E-state index contributed by atoms with van der Waals surface area (Å²) < 4.78 is 5.68. The second kappa shape index (κ2) is 6.43. The summed E-state index contributed by atoms with van der Waals surface area (Å²) in [6, 6.07) is 5.92. The van der Waals surface area contributed by atoms with Gasteiger partial charge in [-0.3, -0.25) is 9.89 Å². The molecule has 1 heterocycles. The smallest absolute Gasteiger partial charge is 0.227 e. The predicted molar refractivity (Wildman–Crippen MR) is 82.7 cm³/mol. The SMILES string of the molecule is Cc1cccc(OCCC(=O)Nc2c(C)n[nH]c2C)c1C. The third kappa shape index (κ3) is 3.62. The lowest BCUT2D eigenvalue weighted by atomic mass is 10.1. The summed E-state index contributed by atoms with van der Waals surface area (Å²) in [4.78, 5) is 11.9. The number of carbonyl (C=O) groups is 1. The summed E-state index contributed by atoms with van der Waals surface area (Å²) in [5.74, 6) is 0.756. The molecule has 0 aliphatic rings. The van der Waals surface area contributed by atoms with Gasteiger partial charge in [-0.25, -0.2) is 0 Å². The molecule has 0 radical (unpaired) electrons. The molecule has 112 valence electrons. The van der Waals surface area contributed by atoms with Gasteiger partial charge in [0.25, 0.3) is 0 Å². The molecule has 0 atom stereocenters. The lowest BCUT2D eigenvalue weighted by Gasteiger charge is -2.11. The molecule has 2 aromatic rings. The van der Waals surface area contributed by atoms with Crippen molar-refractivity contribution in [3.8, 4) is 5.75 Å². The Hall–Kier alpha value is -2.30. The van der Waals surface area contributed by atoms with Crippen molar-refractivity contribution in [2.45, 2.75) is 34.1 Å². The van der Waals surface area contributed by atoms with E-state index in [1.807, 2.05) is 45.9 Å². The molecule has 0 aliphatic carbocycles. The van der Waals surface area contributed by atoms with Gasteiger partial charge in [0, 0.05) is 0 Å². The molecule has 0 saturated heterocycles. The van der Waals surface area contributed by atoms with Crippen LogP contribution in [0.25, 0.3) is 0 Å². The molecule has 0 bridgehead atoms. The average molecular weight is 287 g/mol. The first-order valence-electron chi connectivity index (χ1n) is 6.99. The minimum atomic E-state index is -0.0760. The van der Waals surface area contributed by atoms with Gasteiger partial charge in [-0.05, 0) is 44.9 Å². The fourth-order valence-electron chi connectivity index (χ4n) is 2.07. The topological polar surface area (TPSA) is 67.0 Å². The van der Waals surface area contributed by atoms with E-state index in [0.29, 0.717) is 13.0 Å². The van der Waals surface area contributed by atoms with E-state index in [4.69, 9.17) is 4.74 Å². The standard InChI is InChI=1S/C16H21N3O2/c1-10-6-5-7-14(11(10)2)21-9-8-15(20)17-16-12(3)18-19-13(16)4/h5-7H,8-9H2,1-4H3,(H,17,20)(H,18,19). The van der Waals surface area contributed by atoms with Crippen LogP contribution in [-0.2, 0) is 4.79 Å². The van der Waals surface area contributed by atoms with Gasteiger partial charge in [0.2, 0.25) is 5.91 Å². The minimum absolute atomic E-state index is 0.0760. The molecule has 2 rings (SSSR count). The highest BCUT2D eigenvalue weighted by molar-refractivity contribution is 5.91. The first-order valence-corrected chi connectivity index (χ1v) is 6.99. The van der Waals surface area contributed by atoms with Crippen LogP contribution in [0.3, 0.4) is 0 Å². The van der Waals surface area contributed by atoms with E-state index in [-0.39, 0.29) is 5.91 Å². The molecule has 0 fully saturated rings. The molecule has 0 aliphatic heterocycles. The Morgan fingerprint density at radius 3 is 2.71 bits per heavy atom. The quantitative estimate of drug-likeness (QED) is 0.888. The molecular weight excluding hydrogens is 266 g/mol. The van der Waals surface area contributed by atoms with Crippen molar-refractivity contribution in [1.82, 2.24) is 10.2 Å². The number of nitrogens with one attached hydrogen (secondary N) is 2. The minimum Gasteiger partial charge on any atom is -0.493 e. The highest BCUT2D eigenvalue weighted by atomic mass is 16.5. The third-order valence-corrected chi connectivity index (χ3v) is 3.53. The van der Waals surface area contributed by atoms with Crippen LogP contribution in [0.2, 0.25) is 0 Å². The van der Waals surface area contributed by atoms with Gasteiger partial charge in [-0.2, -0.15) is 5.10 Å². The maximum Gasteiger partial charge on any atom is 0.227 e. The maximum absolute atomic E-state index is 11.9. The van der Waals surface area contributed by atoms with E-state index in [1.54, 1.807) is 0 Å². The highest BCUT2D eigenvalue weighted by Crippen LogP contribution is 2.21. The summed E-state index contributed by atoms with van der Waals surface area (Å²) in [7, 11) is 0. The Morgan fingerprint density at radius 2 is 2.05 bits per heavy atom. The molecule has 2 N–H and O–H groups in total. The average Bonchev–Trinajstić information content (AvgIpc) is 2.75. The molecule has 0 spiro atoms. The molecular formula is C16H21N3O2. The van der Waals surface area contributed by atoms with Crippen LogP contribution >= 0.6 is 0 Å². The number of aromatic nitrogens is 2. The number of amides is 1. The normalized spacial score (nSPS) is 10.5. The third-order valence-electron chi connectivity index (χ3n) is 3.53. The summed E-state index contributed by atoms with van der Waals surface area (Å²) in [5.41, 5.74) is 4.69. The Bertz CT molecular complexity index is 627. The number of hydrogen-bond acceptors (Lipinski definition) is 3. The van der Waals surface area contributed by atoms with Crippen LogP contribution in [0.4, 0.5) is 5.69 Å². The second-order valence-corrected chi connectivity index (χ2v) is 5.15. The lowest BCUT2D eigenvalue weighted by molar-refractivity contribution is -0.116. The number of aromatic amines is 1. The van der Waals surface area contributed by atoms with Crippen LogP contribution in [0.1, 0.15) is 28.9 Å². The van der Waals surface area contributed by atoms with Crippen molar-refractivity contribution in [3.63, 3.8) is 0 Å². The lowest BCUT2D eigenvalue weighted by Crippen LogP contribution is -2.16. The van der Waals surface area contributed by atoms with E-state index in [9.17, 15) is 4.79 Å². The number of H-pyrrole nitrogens is 1. The van der Waals surface area contributed by atoms with Gasteiger partial charge < -0.3 is 10.1 Å². The Morgan fingerprint density at radius 1 is 1.29 bits per heavy atom. The van der Waals surface area contributed by atoms with Crippen molar-refractivity contribution < 1.29 is 9.53 Å². The monoisotopic (exact) mass is 287 g/mol. The number of benzene rings is 1. The number of rotatable bonds is 5. The zero-order valence-electron chi connectivity index (χ0n) is 12.9. The molecule has 1 aromatic heterocycles. The largest absolute Gasteiger partial charge is 0.493 e. The van der Waals surface area contributed by atoms with E-state index < -0.39 is 0 Å². The highest BCUT2D eigenvalue weighted by Gasteiger charge is 2.10. The zero-order chi connectivity index (χ0) is 15.4. The van der Waals surface area contributed by atoms with Gasteiger partial charge in [0.05, 0.1) is 30.1 Å². The molecule has 0 saturated carbocycles. The van der Waals surface area contributed by atoms with Crippen molar-refractivity contribution in [1.29, 1.82) is 0 Å². The van der Waals surface area contributed by atoms with Crippen LogP contribution in [0.5, 0.6) is 5.75 Å². The Balaban J connectivity index is 1.86. The maximum atomic E-state index is 11.9. The number of nitrogens with zero attached hydrogens (tertiary/aromatic N) is 1. The summed E-state index contributed by atoms with van der Waals surface area (Å²) >= 11 is 0. The van der Waals surface area contributed by atoms with Gasteiger partial charge in [-0.15, -0.1) is 0 Å². The van der Waals surface area contributed by atoms with Gasteiger partial charge in [0.1, 0.15) is 5.75 Å². The number of carbonyl (C=O) groups excluding carboxylic acids is 1. The first-order chi connectivity index (χ1) is 9.99. The Kier molecular flexibility index (Phi) is 4.62. The van der Waals surface area contributed by atoms with Crippen molar-refractivity contribution in [3.05, 3.63) is 40.7 Å². The van der Waals surface area contributed by atoms with E-state index in [2.05, 4.69) is 15.5 Å². The molecule has 1 amide bonds. The molecule has 1 aromatic carbocycles.